The zero-order valence-electron chi connectivity index (χ0n) is 38.8. The lowest BCUT2D eigenvalue weighted by Crippen LogP contribution is -2.76. The van der Waals surface area contributed by atoms with E-state index in [1.165, 1.54) is 6.92 Å². The Labute approximate surface area is 375 Å². The monoisotopic (exact) mass is 910 g/mol. The van der Waals surface area contributed by atoms with Crippen molar-refractivity contribution in [3.05, 3.63) is 23.3 Å². The minimum absolute atomic E-state index is 0.0188. The number of fused-ring (bicyclic) bond motifs is 7. The number of aliphatic hydroxyl groups excluding tert-OH is 9. The molecule has 7 rings (SSSR count). The number of esters is 1. The number of rotatable bonds is 8. The largest absolute Gasteiger partial charge is 0.479 e. The number of carboxylic acids is 1. The predicted octanol–water partition coefficient (Wildman–Crippen LogP) is 1.31. The van der Waals surface area contributed by atoms with Gasteiger partial charge in [-0.3, -0.25) is 0 Å². The summed E-state index contributed by atoms with van der Waals surface area (Å²) in [7, 11) is 0. The topological polar surface area (TPSA) is 283 Å². The zero-order chi connectivity index (χ0) is 47.6. The molecule has 364 valence electrons. The molecule has 0 aromatic heterocycles. The lowest BCUT2D eigenvalue weighted by Gasteiger charge is -2.73. The van der Waals surface area contributed by atoms with Gasteiger partial charge in [0.1, 0.15) is 42.7 Å². The lowest BCUT2D eigenvalue weighted by atomic mass is 9.32. The van der Waals surface area contributed by atoms with Crippen LogP contribution in [0.4, 0.5) is 0 Å². The second kappa shape index (κ2) is 16.8. The Hall–Kier alpha value is -2.10. The van der Waals surface area contributed by atoms with E-state index in [1.54, 1.807) is 19.9 Å². The van der Waals surface area contributed by atoms with Crippen LogP contribution < -0.4 is 0 Å². The summed E-state index contributed by atoms with van der Waals surface area (Å²) in [5, 5.41) is 112. The Morgan fingerprint density at radius 2 is 1.45 bits per heavy atom. The first-order chi connectivity index (χ1) is 29.6. The predicted molar refractivity (Wildman–Crippen MR) is 225 cm³/mol. The minimum Gasteiger partial charge on any atom is -0.479 e. The van der Waals surface area contributed by atoms with Crippen LogP contribution in [0.1, 0.15) is 108 Å². The van der Waals surface area contributed by atoms with Gasteiger partial charge in [-0.2, -0.15) is 0 Å². The van der Waals surface area contributed by atoms with Crippen LogP contribution in [-0.4, -0.2) is 162 Å². The van der Waals surface area contributed by atoms with Gasteiger partial charge in [-0.25, -0.2) is 9.59 Å². The fourth-order valence-corrected chi connectivity index (χ4v) is 14.4. The summed E-state index contributed by atoms with van der Waals surface area (Å²) < 4.78 is 30.2. The van der Waals surface area contributed by atoms with Gasteiger partial charge in [0, 0.05) is 11.0 Å². The summed E-state index contributed by atoms with van der Waals surface area (Å²) in [6, 6.07) is 0. The number of ether oxygens (including phenoxy) is 5. The van der Waals surface area contributed by atoms with Gasteiger partial charge >= 0.3 is 11.9 Å². The quantitative estimate of drug-likeness (QED) is 0.0711. The third-order valence-electron chi connectivity index (χ3n) is 18.6. The Morgan fingerprint density at radius 3 is 2.06 bits per heavy atom. The fourth-order valence-electron chi connectivity index (χ4n) is 14.4. The maximum atomic E-state index is 13.3. The van der Waals surface area contributed by atoms with E-state index in [0.29, 0.717) is 44.1 Å². The van der Waals surface area contributed by atoms with Crippen molar-refractivity contribution in [1.82, 2.24) is 0 Å². The highest BCUT2D eigenvalue weighted by atomic mass is 16.8. The van der Waals surface area contributed by atoms with Gasteiger partial charge < -0.3 is 74.7 Å². The van der Waals surface area contributed by atoms with Gasteiger partial charge in [0.05, 0.1) is 42.5 Å². The molecule has 0 aromatic carbocycles. The maximum absolute atomic E-state index is 13.3. The highest BCUT2D eigenvalue weighted by molar-refractivity contribution is 5.87. The van der Waals surface area contributed by atoms with Crippen LogP contribution in [0.3, 0.4) is 0 Å². The first kappa shape index (κ1) is 49.8. The molecule has 64 heavy (non-hydrogen) atoms. The molecule has 0 amide bonds. The highest BCUT2D eigenvalue weighted by Gasteiger charge is 2.76. The van der Waals surface area contributed by atoms with Gasteiger partial charge in [0.25, 0.3) is 0 Å². The number of aliphatic hydroxyl groups is 9. The van der Waals surface area contributed by atoms with Crippen LogP contribution in [0.2, 0.25) is 0 Å². The average molecular weight is 911 g/mol. The summed E-state index contributed by atoms with van der Waals surface area (Å²) in [6.45, 7) is 18.5. The molecule has 2 heterocycles. The molecule has 7 aliphatic rings. The molecule has 2 aliphatic heterocycles. The molecular formula is C47H74O17. The van der Waals surface area contributed by atoms with Crippen molar-refractivity contribution in [2.24, 2.45) is 50.2 Å². The molecule has 0 bridgehead atoms. The van der Waals surface area contributed by atoms with Crippen LogP contribution in [0.5, 0.6) is 0 Å². The Kier molecular flexibility index (Phi) is 13.1. The number of carbonyl (C=O) groups excluding carboxylic acids is 1. The molecule has 0 spiro atoms. The van der Waals surface area contributed by atoms with Gasteiger partial charge in [-0.05, 0) is 98.7 Å². The molecule has 0 aromatic rings. The van der Waals surface area contributed by atoms with Crippen molar-refractivity contribution in [3.8, 4) is 0 Å². The number of allylic oxidation sites excluding steroid dienone is 2. The summed E-state index contributed by atoms with van der Waals surface area (Å²) in [6.07, 6.45) is -15.5. The third-order valence-corrected chi connectivity index (χ3v) is 18.6. The van der Waals surface area contributed by atoms with E-state index in [1.807, 2.05) is 20.8 Å². The standard InChI is InChI=1S/C47H74O17/c1-11-20(2)39(59)64-37-36(56)42(4,5)18-23-22-12-13-25-44(8)16-15-26(43(6,7)24(44)14-17-45(25,9)46(22,10)34(54)35(55)47(23,37)19-48)61-41-33(30(52)29(51)32(62-41)38(57)58)63-40-31(53)28(50)27(49)21(3)60-40/h11-12,21,23-37,40-41,48-56H,13-19H2,1-10H3,(H,57,58)/b20-11-/t21-,23+,24+,25-,26+,27-,28+,29+,30+,31+,32+,33-,34+,35-,36+,37+,40-,41-,44+,45-,46+,47+/m1/s1. The molecule has 5 aliphatic carbocycles. The van der Waals surface area contributed by atoms with Crippen LogP contribution in [-0.2, 0) is 33.3 Å². The van der Waals surface area contributed by atoms with Crippen molar-refractivity contribution in [2.45, 2.75) is 200 Å². The summed E-state index contributed by atoms with van der Waals surface area (Å²) in [5.41, 5.74) is -3.83. The first-order valence-corrected chi connectivity index (χ1v) is 23.1. The molecule has 0 radical (unpaired) electrons. The SMILES string of the molecule is C/C=C(/C)C(=O)O[C@H]1[C@H](O)C(C)(C)C[C@H]2C3=CC[C@@H]4[C@@]5(C)CC[C@H](O[C@@H]6O[C@H](C(=O)O)[C@@H](O)[C@H](O)[C@H]6O[C@H]6O[C@H](C)[C@@H](O)[C@H](O)[C@@H]6O)C(C)(C)[C@@H]5CC[C@@]4(C)[C@]3(C)[C@@H](O)[C@@H](O)[C@]21CO. The van der Waals surface area contributed by atoms with Crippen molar-refractivity contribution in [1.29, 1.82) is 0 Å². The van der Waals surface area contributed by atoms with Crippen LogP contribution in [0.15, 0.2) is 23.3 Å². The number of aliphatic carboxylic acids is 1. The second-order valence-electron chi connectivity index (χ2n) is 22.3. The van der Waals surface area contributed by atoms with E-state index in [-0.39, 0.29) is 17.3 Å². The molecule has 10 N–H and O–H groups in total. The van der Waals surface area contributed by atoms with E-state index in [9.17, 15) is 60.7 Å². The van der Waals surface area contributed by atoms with E-state index < -0.39 is 143 Å². The number of hydrogen-bond donors (Lipinski definition) is 10. The highest BCUT2D eigenvalue weighted by Crippen LogP contribution is 2.76. The van der Waals surface area contributed by atoms with Crippen molar-refractivity contribution in [2.75, 3.05) is 6.61 Å². The van der Waals surface area contributed by atoms with Gasteiger partial charge in [-0.1, -0.05) is 66.2 Å². The second-order valence-corrected chi connectivity index (χ2v) is 22.3. The van der Waals surface area contributed by atoms with Crippen LogP contribution in [0, 0.1) is 50.2 Å². The maximum Gasteiger partial charge on any atom is 0.335 e. The number of hydrogen-bond acceptors (Lipinski definition) is 16. The number of carbonyl (C=O) groups is 2. The van der Waals surface area contributed by atoms with E-state index in [0.717, 1.165) is 5.57 Å². The fraction of sp³-hybridized carbons (Fsp3) is 0.872. The molecule has 22 atom stereocenters. The molecule has 6 fully saturated rings. The molecule has 2 saturated heterocycles. The van der Waals surface area contributed by atoms with Crippen LogP contribution >= 0.6 is 0 Å². The van der Waals surface area contributed by atoms with Crippen molar-refractivity contribution in [3.63, 3.8) is 0 Å². The summed E-state index contributed by atoms with van der Waals surface area (Å²) >= 11 is 0. The lowest BCUT2D eigenvalue weighted by molar-refractivity contribution is -0.372. The normalized spacial score (nSPS) is 52.2. The third kappa shape index (κ3) is 7.03. The van der Waals surface area contributed by atoms with Gasteiger partial charge in [-0.15, -0.1) is 0 Å². The zero-order valence-corrected chi connectivity index (χ0v) is 38.8. The van der Waals surface area contributed by atoms with Crippen molar-refractivity contribution < 1.29 is 84.3 Å². The Balaban J connectivity index is 1.20. The van der Waals surface area contributed by atoms with Crippen LogP contribution in [0.25, 0.3) is 0 Å². The molecule has 0 unspecified atom stereocenters. The minimum atomic E-state index is -1.95. The van der Waals surface area contributed by atoms with E-state index in [2.05, 4.69) is 33.8 Å². The van der Waals surface area contributed by atoms with E-state index >= 15 is 0 Å². The molecule has 4 saturated carbocycles. The summed E-state index contributed by atoms with van der Waals surface area (Å²) in [5.74, 6) is -2.83. The molecular weight excluding hydrogens is 836 g/mol. The molecule has 17 heteroatoms. The average Bonchev–Trinajstić information content (AvgIpc) is 3.23. The van der Waals surface area contributed by atoms with Crippen molar-refractivity contribution >= 4 is 11.9 Å². The smallest absolute Gasteiger partial charge is 0.335 e. The molecule has 17 nitrogen and oxygen atoms in total. The summed E-state index contributed by atoms with van der Waals surface area (Å²) in [4.78, 5) is 25.6. The van der Waals surface area contributed by atoms with Gasteiger partial charge in [0.2, 0.25) is 0 Å². The Bertz CT molecular complexity index is 1850. The first-order valence-electron chi connectivity index (χ1n) is 23.1. The van der Waals surface area contributed by atoms with E-state index in [4.69, 9.17) is 23.7 Å². The number of carboxylic acid groups (broad SMARTS) is 1. The van der Waals surface area contributed by atoms with Gasteiger partial charge in [0.15, 0.2) is 18.7 Å². The Morgan fingerprint density at radius 1 is 0.797 bits per heavy atom.